The van der Waals surface area contributed by atoms with Gasteiger partial charge >= 0.3 is 0 Å². The number of furan rings is 1. The molecule has 7 heteroatoms. The third kappa shape index (κ3) is 5.84. The summed E-state index contributed by atoms with van der Waals surface area (Å²) < 4.78 is 5.12. The van der Waals surface area contributed by atoms with Gasteiger partial charge < -0.3 is 15.1 Å². The molecule has 2 amide bonds. The van der Waals surface area contributed by atoms with Crippen molar-refractivity contribution in [3.63, 3.8) is 0 Å². The fourth-order valence-corrected chi connectivity index (χ4v) is 3.49. The molecular formula is C21H19ClN2O3S. The molecule has 1 atom stereocenters. The van der Waals surface area contributed by atoms with Crippen molar-refractivity contribution >= 4 is 40.8 Å². The van der Waals surface area contributed by atoms with Gasteiger partial charge in [-0.05, 0) is 47.4 Å². The Morgan fingerprint density at radius 1 is 1.14 bits per heavy atom. The largest absolute Gasteiger partial charge is 0.465 e. The molecule has 1 unspecified atom stereocenters. The van der Waals surface area contributed by atoms with Crippen LogP contribution in [0.1, 0.15) is 28.7 Å². The van der Waals surface area contributed by atoms with Gasteiger partial charge in [0.15, 0.2) is 0 Å². The molecule has 2 heterocycles. The van der Waals surface area contributed by atoms with Crippen molar-refractivity contribution < 1.29 is 14.0 Å². The van der Waals surface area contributed by atoms with E-state index in [0.29, 0.717) is 10.8 Å². The third-order valence-electron chi connectivity index (χ3n) is 3.93. The number of rotatable bonds is 8. The molecule has 0 aliphatic carbocycles. The first kappa shape index (κ1) is 19.9. The normalized spacial score (nSPS) is 12.0. The molecule has 1 aromatic carbocycles. The average molecular weight is 415 g/mol. The van der Waals surface area contributed by atoms with Crippen molar-refractivity contribution in [2.24, 2.45) is 0 Å². The number of benzene rings is 1. The lowest BCUT2D eigenvalue weighted by Gasteiger charge is -2.18. The van der Waals surface area contributed by atoms with Crippen LogP contribution in [0.5, 0.6) is 0 Å². The second-order valence-corrected chi connectivity index (χ2v) is 7.37. The highest BCUT2D eigenvalue weighted by molar-refractivity contribution is 7.10. The maximum atomic E-state index is 12.4. The highest BCUT2D eigenvalue weighted by atomic mass is 35.5. The van der Waals surface area contributed by atoms with Gasteiger partial charge in [-0.25, -0.2) is 0 Å². The van der Waals surface area contributed by atoms with Crippen molar-refractivity contribution in [3.05, 3.63) is 87.5 Å². The van der Waals surface area contributed by atoms with Gasteiger partial charge in [0.1, 0.15) is 5.76 Å². The van der Waals surface area contributed by atoms with Gasteiger partial charge in [-0.1, -0.05) is 29.8 Å². The summed E-state index contributed by atoms with van der Waals surface area (Å²) in [4.78, 5) is 25.2. The van der Waals surface area contributed by atoms with Crippen LogP contribution in [-0.2, 0) is 9.59 Å². The fourth-order valence-electron chi connectivity index (χ4n) is 2.56. The number of hydrogen-bond donors (Lipinski definition) is 2. The predicted molar refractivity (Wildman–Crippen MR) is 111 cm³/mol. The molecule has 0 bridgehead atoms. The van der Waals surface area contributed by atoms with E-state index in [1.165, 1.54) is 12.3 Å². The molecule has 0 fully saturated rings. The summed E-state index contributed by atoms with van der Waals surface area (Å²) in [5, 5.41) is 8.33. The number of halogens is 1. The molecule has 3 rings (SSSR count). The van der Waals surface area contributed by atoms with E-state index in [1.54, 1.807) is 41.7 Å². The molecule has 0 spiro atoms. The van der Waals surface area contributed by atoms with Gasteiger partial charge in [0, 0.05) is 28.9 Å². The molecule has 0 radical (unpaired) electrons. The Morgan fingerprint density at radius 2 is 1.96 bits per heavy atom. The molecule has 28 heavy (non-hydrogen) atoms. The Balaban J connectivity index is 1.52. The zero-order chi connectivity index (χ0) is 19.8. The van der Waals surface area contributed by atoms with Crippen molar-refractivity contribution in [1.82, 2.24) is 10.6 Å². The maximum absolute atomic E-state index is 12.4. The lowest BCUT2D eigenvalue weighted by atomic mass is 10.1. The topological polar surface area (TPSA) is 71.3 Å². The summed E-state index contributed by atoms with van der Waals surface area (Å²) in [6.07, 6.45) is 4.66. The number of hydrogen-bond acceptors (Lipinski definition) is 4. The van der Waals surface area contributed by atoms with Crippen LogP contribution in [0, 0.1) is 0 Å². The number of nitrogens with one attached hydrogen (secondary N) is 2. The van der Waals surface area contributed by atoms with Crippen LogP contribution >= 0.6 is 22.9 Å². The smallest absolute Gasteiger partial charge is 0.244 e. The first-order valence-electron chi connectivity index (χ1n) is 8.69. The van der Waals surface area contributed by atoms with Gasteiger partial charge in [0.2, 0.25) is 11.8 Å². The minimum Gasteiger partial charge on any atom is -0.465 e. The van der Waals surface area contributed by atoms with Gasteiger partial charge in [-0.3, -0.25) is 9.59 Å². The van der Waals surface area contributed by atoms with E-state index in [0.717, 1.165) is 10.4 Å². The third-order valence-corrected chi connectivity index (χ3v) is 5.12. The number of carbonyl (C=O) groups is 2. The van der Waals surface area contributed by atoms with E-state index in [4.69, 9.17) is 16.0 Å². The van der Waals surface area contributed by atoms with Crippen molar-refractivity contribution in [2.75, 3.05) is 6.54 Å². The van der Waals surface area contributed by atoms with E-state index in [2.05, 4.69) is 10.6 Å². The Bertz CT molecular complexity index is 919. The highest BCUT2D eigenvalue weighted by Crippen LogP contribution is 2.27. The molecule has 0 saturated heterocycles. The van der Waals surface area contributed by atoms with Crippen molar-refractivity contribution in [1.29, 1.82) is 0 Å². The lowest BCUT2D eigenvalue weighted by Crippen LogP contribution is -2.32. The van der Waals surface area contributed by atoms with E-state index < -0.39 is 0 Å². The highest BCUT2D eigenvalue weighted by Gasteiger charge is 2.17. The SMILES string of the molecule is O=C(/C=C/c1ccco1)NCCC(=O)NC(c1ccc(Cl)cc1)c1cccs1. The zero-order valence-electron chi connectivity index (χ0n) is 14.9. The lowest BCUT2D eigenvalue weighted by molar-refractivity contribution is -0.121. The zero-order valence-corrected chi connectivity index (χ0v) is 16.5. The van der Waals surface area contributed by atoms with Gasteiger partial charge in [0.05, 0.1) is 12.3 Å². The van der Waals surface area contributed by atoms with Crippen LogP contribution in [-0.4, -0.2) is 18.4 Å². The van der Waals surface area contributed by atoms with E-state index in [-0.39, 0.29) is 30.8 Å². The van der Waals surface area contributed by atoms with E-state index >= 15 is 0 Å². The second kappa shape index (κ2) is 9.92. The molecule has 5 nitrogen and oxygen atoms in total. The average Bonchev–Trinajstić information content (AvgIpc) is 3.39. The van der Waals surface area contributed by atoms with Crippen LogP contribution in [0.2, 0.25) is 5.02 Å². The van der Waals surface area contributed by atoms with Crippen LogP contribution in [0.25, 0.3) is 6.08 Å². The molecular weight excluding hydrogens is 396 g/mol. The first-order chi connectivity index (χ1) is 13.6. The molecule has 0 aliphatic rings. The summed E-state index contributed by atoms with van der Waals surface area (Å²) in [5.41, 5.74) is 0.950. The second-order valence-electron chi connectivity index (χ2n) is 5.96. The van der Waals surface area contributed by atoms with Crippen LogP contribution in [0.3, 0.4) is 0 Å². The molecule has 3 aromatic rings. The van der Waals surface area contributed by atoms with Crippen LogP contribution < -0.4 is 10.6 Å². The quantitative estimate of drug-likeness (QED) is 0.536. The minimum absolute atomic E-state index is 0.149. The van der Waals surface area contributed by atoms with Crippen LogP contribution in [0.4, 0.5) is 0 Å². The number of carbonyl (C=O) groups excluding carboxylic acids is 2. The monoisotopic (exact) mass is 414 g/mol. The molecule has 2 aromatic heterocycles. The summed E-state index contributed by atoms with van der Waals surface area (Å²) in [6, 6.07) is 14.6. The summed E-state index contributed by atoms with van der Waals surface area (Å²) >= 11 is 7.54. The summed E-state index contributed by atoms with van der Waals surface area (Å²) in [7, 11) is 0. The van der Waals surface area contributed by atoms with E-state index in [9.17, 15) is 9.59 Å². The predicted octanol–water partition coefficient (Wildman–Crippen LogP) is 4.42. The van der Waals surface area contributed by atoms with Gasteiger partial charge in [0.25, 0.3) is 0 Å². The Hall–Kier alpha value is -2.83. The Labute approximate surface area is 172 Å². The van der Waals surface area contributed by atoms with E-state index in [1.807, 2.05) is 29.6 Å². The van der Waals surface area contributed by atoms with Crippen LogP contribution in [0.15, 0.2) is 70.7 Å². The molecule has 2 N–H and O–H groups in total. The summed E-state index contributed by atoms with van der Waals surface area (Å²) in [6.45, 7) is 0.241. The number of amides is 2. The first-order valence-corrected chi connectivity index (χ1v) is 9.95. The molecule has 0 saturated carbocycles. The Kier molecular flexibility index (Phi) is 7.06. The summed E-state index contributed by atoms with van der Waals surface area (Å²) in [5.74, 6) is 0.162. The van der Waals surface area contributed by atoms with Gasteiger partial charge in [-0.2, -0.15) is 0 Å². The van der Waals surface area contributed by atoms with Gasteiger partial charge in [-0.15, -0.1) is 11.3 Å². The molecule has 144 valence electrons. The standard InChI is InChI=1S/C21H19ClN2O3S/c22-16-7-5-15(6-8-16)21(18-4-2-14-28-18)24-20(26)11-12-23-19(25)10-9-17-3-1-13-27-17/h1-10,13-14,21H,11-12H2,(H,23,25)(H,24,26)/b10-9+. The number of thiophene rings is 1. The fraction of sp³-hybridized carbons (Fsp3) is 0.143. The van der Waals surface area contributed by atoms with Crippen molar-refractivity contribution in [3.8, 4) is 0 Å². The maximum Gasteiger partial charge on any atom is 0.244 e. The Morgan fingerprint density at radius 3 is 2.64 bits per heavy atom. The minimum atomic E-state index is -0.281. The van der Waals surface area contributed by atoms with Crippen molar-refractivity contribution in [2.45, 2.75) is 12.5 Å². The molecule has 0 aliphatic heterocycles.